The summed E-state index contributed by atoms with van der Waals surface area (Å²) in [4.78, 5) is 15.1. The summed E-state index contributed by atoms with van der Waals surface area (Å²) in [5, 5.41) is 12.5. The molecule has 1 fully saturated rings. The number of hydrogen-bond donors (Lipinski definition) is 1. The molecule has 1 N–H and O–H groups in total. The largest absolute Gasteiger partial charge is 0.373 e. The number of aromatic nitrogens is 3. The minimum Gasteiger partial charge on any atom is -0.373 e. The fourth-order valence-corrected chi connectivity index (χ4v) is 7.20. The summed E-state index contributed by atoms with van der Waals surface area (Å²) >= 11 is 1.33. The van der Waals surface area contributed by atoms with E-state index in [0.717, 1.165) is 17.8 Å². The monoisotopic (exact) mass is 586 g/mol. The quantitative estimate of drug-likeness (QED) is 0.338. The maximum absolute atomic E-state index is 13.1. The number of thioether (sulfide) groups is 1. The van der Waals surface area contributed by atoms with Gasteiger partial charge in [-0.3, -0.25) is 9.69 Å². The molecule has 0 bridgehead atoms. The molecule has 0 saturated carbocycles. The maximum atomic E-state index is 13.1. The van der Waals surface area contributed by atoms with Crippen molar-refractivity contribution in [3.8, 4) is 0 Å². The lowest BCUT2D eigenvalue weighted by molar-refractivity contribution is -0.113. The number of amides is 1. The van der Waals surface area contributed by atoms with Gasteiger partial charge in [-0.25, -0.2) is 8.42 Å². The Morgan fingerprint density at radius 3 is 2.33 bits per heavy atom. The Labute approximate surface area is 241 Å². The molecule has 2 aromatic carbocycles. The van der Waals surface area contributed by atoms with Gasteiger partial charge < -0.3 is 14.6 Å². The SMILES string of the molecule is CCC(c1nnc(SCC(=O)Nc2ccc(S(=O)(=O)N3CC(C)OC(C)C3)cc2)n1Cc1ccccc1)N(C)C. The Morgan fingerprint density at radius 1 is 1.07 bits per heavy atom. The Bertz CT molecular complexity index is 1370. The number of benzene rings is 2. The second-order valence-electron chi connectivity index (χ2n) is 10.2. The highest BCUT2D eigenvalue weighted by molar-refractivity contribution is 7.99. The third-order valence-corrected chi connectivity index (χ3v) is 9.54. The minimum absolute atomic E-state index is 0.0954. The van der Waals surface area contributed by atoms with Gasteiger partial charge in [0.05, 0.1) is 35.4 Å². The van der Waals surface area contributed by atoms with Crippen LogP contribution in [0, 0.1) is 0 Å². The van der Waals surface area contributed by atoms with Crippen LogP contribution in [0.15, 0.2) is 64.6 Å². The fourth-order valence-electron chi connectivity index (χ4n) is 4.86. The van der Waals surface area contributed by atoms with E-state index in [1.165, 1.54) is 28.2 Å². The van der Waals surface area contributed by atoms with Gasteiger partial charge in [-0.2, -0.15) is 4.31 Å². The zero-order chi connectivity index (χ0) is 28.9. The van der Waals surface area contributed by atoms with E-state index in [-0.39, 0.29) is 34.8 Å². The van der Waals surface area contributed by atoms with E-state index in [9.17, 15) is 13.2 Å². The molecule has 0 spiro atoms. The molecule has 0 aliphatic carbocycles. The van der Waals surface area contributed by atoms with Crippen LogP contribution >= 0.6 is 11.8 Å². The topological polar surface area (TPSA) is 110 Å². The van der Waals surface area contributed by atoms with Gasteiger partial charge in [0.1, 0.15) is 0 Å². The van der Waals surface area contributed by atoms with Crippen LogP contribution in [0.4, 0.5) is 5.69 Å². The molecular formula is C28H38N6O4S2. The summed E-state index contributed by atoms with van der Waals surface area (Å²) in [7, 11) is 0.396. The van der Waals surface area contributed by atoms with Gasteiger partial charge in [-0.05, 0) is 64.2 Å². The molecule has 3 aromatic rings. The Morgan fingerprint density at radius 2 is 1.73 bits per heavy atom. The van der Waals surface area contributed by atoms with Gasteiger partial charge in [-0.1, -0.05) is 49.0 Å². The molecule has 12 heteroatoms. The van der Waals surface area contributed by atoms with Gasteiger partial charge in [0.15, 0.2) is 11.0 Å². The smallest absolute Gasteiger partial charge is 0.243 e. The molecular weight excluding hydrogens is 548 g/mol. The van der Waals surface area contributed by atoms with Crippen molar-refractivity contribution in [1.82, 2.24) is 24.0 Å². The Kier molecular flexibility index (Phi) is 10.0. The molecule has 216 valence electrons. The Hall–Kier alpha value is -2.77. The van der Waals surface area contributed by atoms with Crippen LogP contribution in [0.5, 0.6) is 0 Å². The minimum atomic E-state index is -3.65. The molecule has 3 unspecified atom stereocenters. The van der Waals surface area contributed by atoms with Crippen LogP contribution in [-0.4, -0.2) is 83.4 Å². The van der Waals surface area contributed by atoms with Gasteiger partial charge in [-0.15, -0.1) is 10.2 Å². The highest BCUT2D eigenvalue weighted by atomic mass is 32.2. The van der Waals surface area contributed by atoms with E-state index in [1.807, 2.05) is 46.1 Å². The van der Waals surface area contributed by atoms with Crippen molar-refractivity contribution in [2.45, 2.75) is 62.0 Å². The van der Waals surface area contributed by atoms with Crippen molar-refractivity contribution in [3.63, 3.8) is 0 Å². The highest BCUT2D eigenvalue weighted by Crippen LogP contribution is 2.27. The van der Waals surface area contributed by atoms with Gasteiger partial charge in [0, 0.05) is 18.8 Å². The Balaban J connectivity index is 1.42. The number of sulfonamides is 1. The van der Waals surface area contributed by atoms with Crippen molar-refractivity contribution in [1.29, 1.82) is 0 Å². The molecule has 1 amide bonds. The number of rotatable bonds is 11. The van der Waals surface area contributed by atoms with Crippen molar-refractivity contribution in [2.75, 3.05) is 38.3 Å². The number of carbonyl (C=O) groups excluding carboxylic acids is 1. The van der Waals surface area contributed by atoms with E-state index < -0.39 is 10.0 Å². The first-order chi connectivity index (χ1) is 19.1. The average molecular weight is 587 g/mol. The number of ether oxygens (including phenoxy) is 1. The predicted octanol–water partition coefficient (Wildman–Crippen LogP) is 3.87. The molecule has 10 nitrogen and oxygen atoms in total. The van der Waals surface area contributed by atoms with E-state index in [2.05, 4.69) is 44.0 Å². The number of carbonyl (C=O) groups is 1. The molecule has 1 aliphatic rings. The molecule has 0 radical (unpaired) electrons. The van der Waals surface area contributed by atoms with E-state index in [4.69, 9.17) is 4.74 Å². The van der Waals surface area contributed by atoms with Crippen LogP contribution in [0.1, 0.15) is 44.6 Å². The number of hydrogen-bond acceptors (Lipinski definition) is 8. The fraction of sp³-hybridized carbons (Fsp3) is 0.464. The highest BCUT2D eigenvalue weighted by Gasteiger charge is 2.32. The lowest BCUT2D eigenvalue weighted by Crippen LogP contribution is -2.48. The van der Waals surface area contributed by atoms with Crippen molar-refractivity contribution in [3.05, 3.63) is 66.0 Å². The summed E-state index contributed by atoms with van der Waals surface area (Å²) in [5.74, 6) is 0.780. The van der Waals surface area contributed by atoms with Crippen LogP contribution in [0.2, 0.25) is 0 Å². The zero-order valence-corrected chi connectivity index (χ0v) is 25.3. The molecule has 1 aliphatic heterocycles. The number of morpholine rings is 1. The summed E-state index contributed by atoms with van der Waals surface area (Å²) < 4.78 is 35.4. The van der Waals surface area contributed by atoms with Crippen molar-refractivity contribution >= 4 is 33.4 Å². The second-order valence-corrected chi connectivity index (χ2v) is 13.1. The average Bonchev–Trinajstić information content (AvgIpc) is 3.29. The molecule has 40 heavy (non-hydrogen) atoms. The summed E-state index contributed by atoms with van der Waals surface area (Å²) in [6, 6.07) is 16.5. The van der Waals surface area contributed by atoms with E-state index in [1.54, 1.807) is 12.1 Å². The summed E-state index contributed by atoms with van der Waals surface area (Å²) in [6.45, 7) is 7.08. The van der Waals surface area contributed by atoms with Crippen molar-refractivity contribution < 1.29 is 17.9 Å². The van der Waals surface area contributed by atoms with Gasteiger partial charge >= 0.3 is 0 Å². The first-order valence-electron chi connectivity index (χ1n) is 13.4. The third kappa shape index (κ3) is 7.29. The van der Waals surface area contributed by atoms with Crippen LogP contribution in [-0.2, 0) is 26.1 Å². The summed E-state index contributed by atoms with van der Waals surface area (Å²) in [5.41, 5.74) is 1.65. The molecule has 2 heterocycles. The normalized spacial score (nSPS) is 19.1. The molecule has 4 rings (SSSR count). The lowest BCUT2D eigenvalue weighted by atomic mass is 10.2. The standard InChI is InChI=1S/C28H38N6O4S2/c1-6-25(32(4)5)27-30-31-28(34(27)18-22-10-8-7-9-11-22)39-19-26(35)29-23-12-14-24(15-13-23)40(36,37)33-16-20(2)38-21(3)17-33/h7-15,20-21,25H,6,16-19H2,1-5H3,(H,29,35). The zero-order valence-electron chi connectivity index (χ0n) is 23.6. The first-order valence-corrected chi connectivity index (χ1v) is 15.8. The van der Waals surface area contributed by atoms with E-state index >= 15 is 0 Å². The van der Waals surface area contributed by atoms with Crippen LogP contribution in [0.25, 0.3) is 0 Å². The first kappa shape index (κ1) is 30.2. The number of anilines is 1. The number of nitrogens with zero attached hydrogens (tertiary/aromatic N) is 5. The van der Waals surface area contributed by atoms with Crippen LogP contribution < -0.4 is 5.32 Å². The third-order valence-electron chi connectivity index (χ3n) is 6.73. The number of nitrogens with one attached hydrogen (secondary N) is 1. The molecule has 1 aromatic heterocycles. The van der Waals surface area contributed by atoms with E-state index in [0.29, 0.717) is 30.5 Å². The predicted molar refractivity (Wildman–Crippen MR) is 157 cm³/mol. The molecule has 3 atom stereocenters. The van der Waals surface area contributed by atoms with Crippen LogP contribution in [0.3, 0.4) is 0 Å². The molecule has 1 saturated heterocycles. The lowest BCUT2D eigenvalue weighted by Gasteiger charge is -2.34. The second kappa shape index (κ2) is 13.3. The maximum Gasteiger partial charge on any atom is 0.243 e. The van der Waals surface area contributed by atoms with Gasteiger partial charge in [0.2, 0.25) is 15.9 Å². The summed E-state index contributed by atoms with van der Waals surface area (Å²) in [6.07, 6.45) is 0.542. The van der Waals surface area contributed by atoms with Crippen molar-refractivity contribution in [2.24, 2.45) is 0 Å². The van der Waals surface area contributed by atoms with Gasteiger partial charge in [0.25, 0.3) is 0 Å².